The van der Waals surface area contributed by atoms with Crippen molar-refractivity contribution in [3.8, 4) is 11.8 Å². The second-order valence-electron chi connectivity index (χ2n) is 4.46. The summed E-state index contributed by atoms with van der Waals surface area (Å²) in [6.45, 7) is -0.0539. The fourth-order valence-corrected chi connectivity index (χ4v) is 1.86. The van der Waals surface area contributed by atoms with Crippen LogP contribution in [-0.4, -0.2) is 25.1 Å². The molecule has 1 atom stereocenters. The molecule has 3 heteroatoms. The minimum atomic E-state index is -0.306. The molecule has 2 rings (SSSR count). The van der Waals surface area contributed by atoms with Crippen LogP contribution in [0.5, 0.6) is 0 Å². The van der Waals surface area contributed by atoms with Crippen molar-refractivity contribution in [3.63, 3.8) is 0 Å². The van der Waals surface area contributed by atoms with Gasteiger partial charge in [-0.15, -0.1) is 0 Å². The molecule has 0 saturated carbocycles. The van der Waals surface area contributed by atoms with Crippen molar-refractivity contribution in [3.05, 3.63) is 70.8 Å². The van der Waals surface area contributed by atoms with Gasteiger partial charge in [0.1, 0.15) is 6.10 Å². The summed E-state index contributed by atoms with van der Waals surface area (Å²) in [7, 11) is 1.56. The van der Waals surface area contributed by atoms with Gasteiger partial charge in [0, 0.05) is 23.8 Å². The van der Waals surface area contributed by atoms with Crippen molar-refractivity contribution < 1.29 is 14.6 Å². The van der Waals surface area contributed by atoms with Gasteiger partial charge in [0.05, 0.1) is 6.61 Å². The molecule has 0 spiro atoms. The van der Waals surface area contributed by atoms with Gasteiger partial charge in [0.2, 0.25) is 6.29 Å². The molecule has 1 N–H and O–H groups in total. The van der Waals surface area contributed by atoms with Gasteiger partial charge in [0.15, 0.2) is 0 Å². The summed E-state index contributed by atoms with van der Waals surface area (Å²) < 4.78 is 5.16. The molecule has 0 amide bonds. The highest BCUT2D eigenvalue weighted by Crippen LogP contribution is 2.16. The highest BCUT2D eigenvalue weighted by molar-refractivity contribution is 5.75. The average molecular weight is 279 g/mol. The third-order valence-electron chi connectivity index (χ3n) is 3.09. The summed E-state index contributed by atoms with van der Waals surface area (Å²) in [4.78, 5) is 10.4. The topological polar surface area (TPSA) is 46.5 Å². The van der Waals surface area contributed by atoms with E-state index in [-0.39, 0.29) is 12.7 Å². The maximum Gasteiger partial charge on any atom is 0.233 e. The predicted molar refractivity (Wildman–Crippen MR) is 80.5 cm³/mol. The fourth-order valence-electron chi connectivity index (χ4n) is 1.86. The first-order valence-corrected chi connectivity index (χ1v) is 6.50. The number of carbonyl (C=O) groups excluding carboxylic acids is 1. The number of benzene rings is 2. The Hall–Kier alpha value is -2.41. The minimum Gasteiger partial charge on any atom is -0.393 e. The predicted octanol–water partition coefficient (Wildman–Crippen LogP) is 2.22. The van der Waals surface area contributed by atoms with Crippen LogP contribution in [0.3, 0.4) is 0 Å². The van der Waals surface area contributed by atoms with Gasteiger partial charge in [-0.3, -0.25) is 4.79 Å². The van der Waals surface area contributed by atoms with Crippen molar-refractivity contribution in [2.24, 2.45) is 0 Å². The molecule has 105 valence electrons. The second kappa shape index (κ2) is 7.39. The molecule has 21 heavy (non-hydrogen) atoms. The number of aliphatic hydroxyl groups is 1. The molecular formula is C18H15O3. The van der Waals surface area contributed by atoms with Crippen molar-refractivity contribution in [1.29, 1.82) is 0 Å². The highest BCUT2D eigenvalue weighted by atomic mass is 16.5. The fraction of sp³-hybridized carbons (Fsp3) is 0.167. The van der Waals surface area contributed by atoms with Gasteiger partial charge in [-0.1, -0.05) is 24.0 Å². The Kier molecular flexibility index (Phi) is 5.28. The normalized spacial score (nSPS) is 11.3. The lowest BCUT2D eigenvalue weighted by atomic mass is 10.1. The monoisotopic (exact) mass is 279 g/mol. The quantitative estimate of drug-likeness (QED) is 0.873. The number of hydrogen-bond acceptors (Lipinski definition) is 3. The van der Waals surface area contributed by atoms with Crippen LogP contribution >= 0.6 is 0 Å². The zero-order valence-electron chi connectivity index (χ0n) is 11.7. The Bertz CT molecular complexity index is 642. The molecule has 0 heterocycles. The molecule has 0 fully saturated rings. The van der Waals surface area contributed by atoms with E-state index in [2.05, 4.69) is 11.8 Å². The first-order chi connectivity index (χ1) is 10.3. The van der Waals surface area contributed by atoms with Crippen LogP contribution in [0.1, 0.15) is 28.4 Å². The smallest absolute Gasteiger partial charge is 0.233 e. The number of methoxy groups -OCH3 is 1. The summed E-state index contributed by atoms with van der Waals surface area (Å²) in [5.41, 5.74) is 3.14. The minimum absolute atomic E-state index is 0.0539. The van der Waals surface area contributed by atoms with Gasteiger partial charge < -0.3 is 9.84 Å². The molecule has 1 unspecified atom stereocenters. The average Bonchev–Trinajstić information content (AvgIpc) is 2.55. The van der Waals surface area contributed by atoms with Crippen LogP contribution in [0.15, 0.2) is 48.5 Å². The molecule has 2 aromatic rings. The molecule has 2 aromatic carbocycles. The molecule has 0 bridgehead atoms. The summed E-state index contributed by atoms with van der Waals surface area (Å²) in [6.07, 6.45) is 1.52. The van der Waals surface area contributed by atoms with Gasteiger partial charge in [-0.05, 0) is 42.0 Å². The lowest BCUT2D eigenvalue weighted by Gasteiger charge is -2.12. The number of hydrogen-bond donors (Lipinski definition) is 1. The lowest BCUT2D eigenvalue weighted by Crippen LogP contribution is -2.05. The second-order valence-corrected chi connectivity index (χ2v) is 4.46. The van der Waals surface area contributed by atoms with Crippen LogP contribution in [0.2, 0.25) is 0 Å². The molecule has 0 saturated heterocycles. The number of rotatable bonds is 4. The Morgan fingerprint density at radius 2 is 1.43 bits per heavy atom. The molecule has 0 aliphatic rings. The van der Waals surface area contributed by atoms with Gasteiger partial charge in [0.25, 0.3) is 0 Å². The molecule has 0 aliphatic heterocycles. The summed E-state index contributed by atoms with van der Waals surface area (Å²) in [5.74, 6) is 6.08. The maximum atomic E-state index is 10.4. The molecule has 0 aromatic heterocycles. The zero-order valence-corrected chi connectivity index (χ0v) is 11.7. The Morgan fingerprint density at radius 1 is 0.952 bits per heavy atom. The number of aliphatic hydroxyl groups excluding tert-OH is 1. The van der Waals surface area contributed by atoms with E-state index in [4.69, 9.17) is 9.84 Å². The maximum absolute atomic E-state index is 10.4. The van der Waals surface area contributed by atoms with E-state index in [0.717, 1.165) is 16.7 Å². The van der Waals surface area contributed by atoms with Crippen molar-refractivity contribution in [2.75, 3.05) is 13.7 Å². The van der Waals surface area contributed by atoms with E-state index in [1.54, 1.807) is 31.4 Å². The lowest BCUT2D eigenvalue weighted by molar-refractivity contribution is 0.0484. The Morgan fingerprint density at radius 3 is 1.86 bits per heavy atom. The van der Waals surface area contributed by atoms with Crippen LogP contribution < -0.4 is 0 Å². The highest BCUT2D eigenvalue weighted by Gasteiger charge is 2.07. The van der Waals surface area contributed by atoms with Crippen LogP contribution in [0, 0.1) is 11.8 Å². The van der Waals surface area contributed by atoms with E-state index in [1.807, 2.05) is 30.6 Å². The van der Waals surface area contributed by atoms with Gasteiger partial charge in [-0.2, -0.15) is 0 Å². The summed E-state index contributed by atoms with van der Waals surface area (Å²) in [5, 5.41) is 9.16. The van der Waals surface area contributed by atoms with E-state index in [0.29, 0.717) is 5.56 Å². The standard InChI is InChI=1S/C18H15O3/c1-21-18(13-20)17-10-8-15(9-11-17)3-2-14-4-6-16(12-19)7-5-14/h4-11,18,20H,13H2,1H3. The SMILES string of the molecule is COC(CO)c1ccc(C#Cc2ccc([C]=O)cc2)cc1. The summed E-state index contributed by atoms with van der Waals surface area (Å²) >= 11 is 0. The van der Waals surface area contributed by atoms with Crippen LogP contribution in [0.4, 0.5) is 0 Å². The van der Waals surface area contributed by atoms with E-state index < -0.39 is 0 Å². The third kappa shape index (κ3) is 4.03. The molecule has 3 nitrogen and oxygen atoms in total. The first kappa shape index (κ1) is 15.0. The van der Waals surface area contributed by atoms with Crippen LogP contribution in [0.25, 0.3) is 0 Å². The van der Waals surface area contributed by atoms with Crippen molar-refractivity contribution in [2.45, 2.75) is 6.10 Å². The van der Waals surface area contributed by atoms with E-state index in [1.165, 1.54) is 0 Å². The molecular weight excluding hydrogens is 264 g/mol. The largest absolute Gasteiger partial charge is 0.393 e. The molecule has 0 aliphatic carbocycles. The molecule has 1 radical (unpaired) electrons. The number of ether oxygens (including phenoxy) is 1. The van der Waals surface area contributed by atoms with Crippen molar-refractivity contribution in [1.82, 2.24) is 0 Å². The van der Waals surface area contributed by atoms with Gasteiger partial charge >= 0.3 is 0 Å². The summed E-state index contributed by atoms with van der Waals surface area (Å²) in [6, 6.07) is 14.5. The van der Waals surface area contributed by atoms with E-state index in [9.17, 15) is 4.79 Å². The first-order valence-electron chi connectivity index (χ1n) is 6.50. The van der Waals surface area contributed by atoms with Gasteiger partial charge in [-0.25, -0.2) is 0 Å². The third-order valence-corrected chi connectivity index (χ3v) is 3.09. The van der Waals surface area contributed by atoms with Crippen LogP contribution in [-0.2, 0) is 9.53 Å². The zero-order chi connectivity index (χ0) is 15.1. The Labute approximate surface area is 124 Å². The Balaban J connectivity index is 2.13. The van der Waals surface area contributed by atoms with E-state index >= 15 is 0 Å². The van der Waals surface area contributed by atoms with Crippen molar-refractivity contribution >= 4 is 6.29 Å².